The standard InChI is InChI=1S/C15H20F3NO4S/c1-9-6-10(2)14(11(3)7-9)24(22,23)19-8-12(15(16,17)18)4-5-13(20)21/h6-7,12,19H,4-5,8H2,1-3H3,(H,20,21)/p-1/t12-/m1/s1. The lowest BCUT2D eigenvalue weighted by Gasteiger charge is -2.21. The van der Waals surface area contributed by atoms with Crippen molar-refractivity contribution >= 4 is 16.0 Å². The van der Waals surface area contributed by atoms with Gasteiger partial charge in [-0.05, 0) is 44.7 Å². The van der Waals surface area contributed by atoms with Gasteiger partial charge in [0.1, 0.15) is 0 Å². The molecule has 0 fully saturated rings. The van der Waals surface area contributed by atoms with Gasteiger partial charge in [-0.25, -0.2) is 13.1 Å². The minimum absolute atomic E-state index is 0.0612. The van der Waals surface area contributed by atoms with E-state index in [9.17, 15) is 31.5 Å². The maximum Gasteiger partial charge on any atom is 0.393 e. The monoisotopic (exact) mass is 366 g/mol. The van der Waals surface area contributed by atoms with Gasteiger partial charge in [-0.3, -0.25) is 0 Å². The van der Waals surface area contributed by atoms with Crippen LogP contribution < -0.4 is 9.83 Å². The number of carboxylic acids is 1. The van der Waals surface area contributed by atoms with Gasteiger partial charge in [-0.2, -0.15) is 13.2 Å². The number of carbonyl (C=O) groups is 1. The average Bonchev–Trinajstić information content (AvgIpc) is 2.34. The number of nitrogens with one attached hydrogen (secondary N) is 1. The minimum Gasteiger partial charge on any atom is -0.550 e. The fraction of sp³-hybridized carbons (Fsp3) is 0.533. The van der Waals surface area contributed by atoms with Crippen molar-refractivity contribution in [2.24, 2.45) is 5.92 Å². The summed E-state index contributed by atoms with van der Waals surface area (Å²) >= 11 is 0. The van der Waals surface area contributed by atoms with Crippen molar-refractivity contribution in [2.45, 2.75) is 44.7 Å². The van der Waals surface area contributed by atoms with Crippen LogP contribution in [0.4, 0.5) is 13.2 Å². The summed E-state index contributed by atoms with van der Waals surface area (Å²) < 4.78 is 65.4. The van der Waals surface area contributed by atoms with E-state index in [-0.39, 0.29) is 4.90 Å². The number of benzene rings is 1. The Morgan fingerprint density at radius 3 is 2.12 bits per heavy atom. The first-order valence-corrected chi connectivity index (χ1v) is 8.67. The second-order valence-corrected chi connectivity index (χ2v) is 7.43. The number of carbonyl (C=O) groups excluding carboxylic acids is 1. The first-order valence-electron chi connectivity index (χ1n) is 7.18. The SMILES string of the molecule is Cc1cc(C)c(S(=O)(=O)NC[C@@H](CCC(=O)[O-])C(F)(F)F)c(C)c1. The zero-order chi connectivity index (χ0) is 18.7. The van der Waals surface area contributed by atoms with Gasteiger partial charge in [-0.15, -0.1) is 0 Å². The molecule has 0 aliphatic heterocycles. The Kier molecular flexibility index (Phi) is 6.40. The highest BCUT2D eigenvalue weighted by Gasteiger charge is 2.39. The van der Waals surface area contributed by atoms with Crippen LogP contribution in [0.15, 0.2) is 17.0 Å². The van der Waals surface area contributed by atoms with Crippen molar-refractivity contribution < 1.29 is 31.5 Å². The molecule has 5 nitrogen and oxygen atoms in total. The molecule has 0 unspecified atom stereocenters. The Morgan fingerprint density at radius 1 is 1.21 bits per heavy atom. The third-order valence-corrected chi connectivity index (χ3v) is 5.28. The second-order valence-electron chi connectivity index (χ2n) is 5.73. The van der Waals surface area contributed by atoms with Crippen molar-refractivity contribution in [3.63, 3.8) is 0 Å². The molecule has 0 aromatic heterocycles. The van der Waals surface area contributed by atoms with Crippen LogP contribution in [0.2, 0.25) is 0 Å². The van der Waals surface area contributed by atoms with Gasteiger partial charge in [0.25, 0.3) is 0 Å². The highest BCUT2D eigenvalue weighted by atomic mass is 32.2. The summed E-state index contributed by atoms with van der Waals surface area (Å²) in [6.07, 6.45) is -6.26. The number of aryl methyl sites for hydroxylation is 3. The second kappa shape index (κ2) is 7.52. The Hall–Kier alpha value is -1.61. The van der Waals surface area contributed by atoms with Gasteiger partial charge in [0.2, 0.25) is 10.0 Å². The molecule has 0 radical (unpaired) electrons. The minimum atomic E-state index is -4.71. The average molecular weight is 366 g/mol. The molecule has 136 valence electrons. The van der Waals surface area contributed by atoms with Crippen LogP contribution in [0.5, 0.6) is 0 Å². The molecule has 0 saturated carbocycles. The van der Waals surface area contributed by atoms with Crippen molar-refractivity contribution in [3.05, 3.63) is 28.8 Å². The summed E-state index contributed by atoms with van der Waals surface area (Å²) in [5.41, 5.74) is 1.70. The van der Waals surface area contributed by atoms with Gasteiger partial charge in [0.05, 0.1) is 10.8 Å². The summed E-state index contributed by atoms with van der Waals surface area (Å²) in [7, 11) is -4.15. The number of hydrogen-bond acceptors (Lipinski definition) is 4. The molecule has 1 atom stereocenters. The summed E-state index contributed by atoms with van der Waals surface area (Å²) in [5, 5.41) is 10.4. The van der Waals surface area contributed by atoms with E-state index in [1.54, 1.807) is 32.9 Å². The summed E-state index contributed by atoms with van der Waals surface area (Å²) in [6.45, 7) is 3.98. The number of halogens is 3. The summed E-state index contributed by atoms with van der Waals surface area (Å²) in [6, 6.07) is 3.25. The van der Waals surface area contributed by atoms with Crippen molar-refractivity contribution in [3.8, 4) is 0 Å². The van der Waals surface area contributed by atoms with E-state index in [0.717, 1.165) is 5.56 Å². The van der Waals surface area contributed by atoms with E-state index < -0.39 is 47.5 Å². The molecule has 0 bridgehead atoms. The van der Waals surface area contributed by atoms with Crippen molar-refractivity contribution in [1.29, 1.82) is 0 Å². The zero-order valence-electron chi connectivity index (χ0n) is 13.5. The predicted octanol–water partition coefficient (Wildman–Crippen LogP) is 1.60. The lowest BCUT2D eigenvalue weighted by atomic mass is 10.0. The summed E-state index contributed by atoms with van der Waals surface area (Å²) in [5.74, 6) is -3.71. The van der Waals surface area contributed by atoms with E-state index in [4.69, 9.17) is 0 Å². The van der Waals surface area contributed by atoms with Crippen LogP contribution in [-0.2, 0) is 14.8 Å². The molecule has 1 aromatic rings. The van der Waals surface area contributed by atoms with E-state index in [2.05, 4.69) is 0 Å². The Bertz CT molecular complexity index is 691. The number of sulfonamides is 1. The van der Waals surface area contributed by atoms with Gasteiger partial charge >= 0.3 is 6.18 Å². The number of aliphatic carboxylic acids is 1. The smallest absolute Gasteiger partial charge is 0.393 e. The fourth-order valence-corrected chi connectivity index (χ4v) is 4.08. The van der Waals surface area contributed by atoms with Crippen molar-refractivity contribution in [2.75, 3.05) is 6.54 Å². The first-order chi connectivity index (χ1) is 10.8. The van der Waals surface area contributed by atoms with E-state index in [1.165, 1.54) is 0 Å². The molecular formula is C15H19F3NO4S-. The first kappa shape index (κ1) is 20.4. The number of rotatable bonds is 7. The molecule has 0 saturated heterocycles. The molecule has 24 heavy (non-hydrogen) atoms. The molecule has 1 N–H and O–H groups in total. The van der Waals surface area contributed by atoms with Gasteiger partial charge in [0, 0.05) is 12.5 Å². The molecule has 0 amide bonds. The number of carboxylic acid groups (broad SMARTS) is 1. The van der Waals surface area contributed by atoms with E-state index in [1.807, 2.05) is 4.72 Å². The van der Waals surface area contributed by atoms with Crippen LogP contribution in [-0.4, -0.2) is 27.1 Å². The largest absolute Gasteiger partial charge is 0.550 e. The molecule has 0 aliphatic rings. The molecule has 0 heterocycles. The molecule has 0 spiro atoms. The molecule has 0 aliphatic carbocycles. The Morgan fingerprint density at radius 2 is 1.71 bits per heavy atom. The highest BCUT2D eigenvalue weighted by Crippen LogP contribution is 2.30. The third kappa shape index (κ3) is 5.48. The lowest BCUT2D eigenvalue weighted by Crippen LogP contribution is -2.38. The zero-order valence-corrected chi connectivity index (χ0v) is 14.3. The Labute approximate surface area is 138 Å². The van der Waals surface area contributed by atoms with Crippen LogP contribution in [0, 0.1) is 26.7 Å². The molecule has 1 rings (SSSR count). The van der Waals surface area contributed by atoms with Crippen LogP contribution >= 0.6 is 0 Å². The quantitative estimate of drug-likeness (QED) is 0.794. The van der Waals surface area contributed by atoms with Gasteiger partial charge in [-0.1, -0.05) is 17.7 Å². The molecular weight excluding hydrogens is 347 g/mol. The predicted molar refractivity (Wildman–Crippen MR) is 79.6 cm³/mol. The normalized spacial score (nSPS) is 13.8. The summed E-state index contributed by atoms with van der Waals surface area (Å²) in [4.78, 5) is 10.3. The topological polar surface area (TPSA) is 86.3 Å². The number of alkyl halides is 3. The lowest BCUT2D eigenvalue weighted by molar-refractivity contribution is -0.306. The Balaban J connectivity index is 2.99. The third-order valence-electron chi connectivity index (χ3n) is 3.55. The van der Waals surface area contributed by atoms with E-state index >= 15 is 0 Å². The van der Waals surface area contributed by atoms with Gasteiger partial charge < -0.3 is 9.90 Å². The maximum atomic E-state index is 12.9. The van der Waals surface area contributed by atoms with E-state index in [0.29, 0.717) is 11.1 Å². The van der Waals surface area contributed by atoms with Crippen LogP contribution in [0.25, 0.3) is 0 Å². The highest BCUT2D eigenvalue weighted by molar-refractivity contribution is 7.89. The molecule has 9 heteroatoms. The van der Waals surface area contributed by atoms with Crippen molar-refractivity contribution in [1.82, 2.24) is 4.72 Å². The maximum absolute atomic E-state index is 12.9. The molecule has 1 aromatic carbocycles. The van der Waals surface area contributed by atoms with Gasteiger partial charge in [0.15, 0.2) is 0 Å². The van der Waals surface area contributed by atoms with Crippen LogP contribution in [0.1, 0.15) is 29.5 Å². The number of hydrogen-bond donors (Lipinski definition) is 1. The van der Waals surface area contributed by atoms with Crippen LogP contribution in [0.3, 0.4) is 0 Å². The fourth-order valence-electron chi connectivity index (χ4n) is 2.55.